The van der Waals surface area contributed by atoms with Crippen LogP contribution >= 0.6 is 0 Å². The van der Waals surface area contributed by atoms with E-state index in [2.05, 4.69) is 17.3 Å². The van der Waals surface area contributed by atoms with Gasteiger partial charge in [0, 0.05) is 31.9 Å². The summed E-state index contributed by atoms with van der Waals surface area (Å²) in [6, 6.07) is 1.46. The van der Waals surface area contributed by atoms with Gasteiger partial charge < -0.3 is 15.0 Å². The number of fused-ring (bicyclic) bond motifs is 1. The molecule has 2 amide bonds. The smallest absolute Gasteiger partial charge is 0.246 e. The second-order valence-corrected chi connectivity index (χ2v) is 7.62. The summed E-state index contributed by atoms with van der Waals surface area (Å²) in [6.07, 6.45) is 4.65. The molecular weight excluding hydrogens is 320 g/mol. The van der Waals surface area contributed by atoms with Gasteiger partial charge in [-0.05, 0) is 37.2 Å². The maximum atomic E-state index is 12.8. The summed E-state index contributed by atoms with van der Waals surface area (Å²) in [5, 5.41) is 7.39. The number of nitrogens with one attached hydrogen (secondary N) is 1. The van der Waals surface area contributed by atoms with Gasteiger partial charge in [-0.25, -0.2) is 0 Å². The predicted octanol–water partition coefficient (Wildman–Crippen LogP) is 0.965. The lowest BCUT2D eigenvalue weighted by molar-refractivity contribution is -0.137. The van der Waals surface area contributed by atoms with E-state index < -0.39 is 6.04 Å². The van der Waals surface area contributed by atoms with Crippen molar-refractivity contribution in [2.75, 3.05) is 26.3 Å². The van der Waals surface area contributed by atoms with Gasteiger partial charge in [0.15, 0.2) is 0 Å². The summed E-state index contributed by atoms with van der Waals surface area (Å²) in [6.45, 7) is 5.28. The third kappa shape index (κ3) is 3.42. The van der Waals surface area contributed by atoms with E-state index in [1.165, 1.54) is 0 Å². The Morgan fingerprint density at radius 1 is 1.36 bits per heavy atom. The number of carbonyl (C=O) groups is 2. The molecule has 1 saturated carbocycles. The first kappa shape index (κ1) is 16.6. The number of amides is 2. The van der Waals surface area contributed by atoms with Gasteiger partial charge >= 0.3 is 0 Å². The Hall–Kier alpha value is -1.89. The highest BCUT2D eigenvalue weighted by Gasteiger charge is 2.44. The molecule has 1 saturated heterocycles. The van der Waals surface area contributed by atoms with Crippen LogP contribution in [0.15, 0.2) is 12.3 Å². The van der Waals surface area contributed by atoms with E-state index in [1.54, 1.807) is 10.9 Å². The van der Waals surface area contributed by atoms with Crippen molar-refractivity contribution in [3.63, 3.8) is 0 Å². The van der Waals surface area contributed by atoms with E-state index in [0.717, 1.165) is 38.2 Å². The van der Waals surface area contributed by atoms with Crippen LogP contribution in [0.25, 0.3) is 0 Å². The molecule has 7 nitrogen and oxygen atoms in total. The molecule has 2 fully saturated rings. The summed E-state index contributed by atoms with van der Waals surface area (Å²) in [4.78, 5) is 27.2. The third-order valence-corrected chi connectivity index (χ3v) is 5.74. The molecule has 0 spiro atoms. The Morgan fingerprint density at radius 2 is 2.12 bits per heavy atom. The second kappa shape index (κ2) is 6.78. The van der Waals surface area contributed by atoms with Gasteiger partial charge in [-0.2, -0.15) is 5.10 Å². The van der Waals surface area contributed by atoms with E-state index in [9.17, 15) is 9.59 Å². The predicted molar refractivity (Wildman–Crippen MR) is 90.5 cm³/mol. The largest absolute Gasteiger partial charge is 0.381 e. The third-order valence-electron chi connectivity index (χ3n) is 5.74. The maximum absolute atomic E-state index is 12.8. The standard InChI is InChI=1S/C18H26N4O3/c1-12-8-15(12)18(24)21-10-14-2-5-20-22(14)16(11-21)17(23)19-9-13-3-6-25-7-4-13/h2,5,12-13,15-16H,3-4,6-11H2,1H3,(H,19,23)/t12-,15+,16+/m1/s1. The SMILES string of the molecule is C[C@@H]1C[C@@H]1C(=O)N1Cc2ccnn2[C@H](C(=O)NCC2CCOCC2)C1. The highest BCUT2D eigenvalue weighted by atomic mass is 16.5. The summed E-state index contributed by atoms with van der Waals surface area (Å²) in [7, 11) is 0. The molecule has 25 heavy (non-hydrogen) atoms. The molecule has 3 heterocycles. The Bertz CT molecular complexity index is 653. The number of ether oxygens (including phenoxy) is 1. The topological polar surface area (TPSA) is 76.5 Å². The van der Waals surface area contributed by atoms with Crippen molar-refractivity contribution in [2.24, 2.45) is 17.8 Å². The number of hydrogen-bond donors (Lipinski definition) is 1. The Morgan fingerprint density at radius 3 is 2.84 bits per heavy atom. The number of rotatable bonds is 4. The van der Waals surface area contributed by atoms with Gasteiger partial charge in [-0.3, -0.25) is 14.3 Å². The first-order chi connectivity index (χ1) is 12.1. The van der Waals surface area contributed by atoms with Crippen molar-refractivity contribution in [1.29, 1.82) is 0 Å². The molecule has 0 bridgehead atoms. The van der Waals surface area contributed by atoms with E-state index in [0.29, 0.717) is 31.5 Å². The summed E-state index contributed by atoms with van der Waals surface area (Å²) in [5.74, 6) is 1.23. The quantitative estimate of drug-likeness (QED) is 0.881. The molecule has 7 heteroatoms. The van der Waals surface area contributed by atoms with Crippen LogP contribution in [0.5, 0.6) is 0 Å². The first-order valence-electron chi connectivity index (χ1n) is 9.30. The molecule has 1 N–H and O–H groups in total. The number of nitrogens with zero attached hydrogens (tertiary/aromatic N) is 3. The number of carbonyl (C=O) groups excluding carboxylic acids is 2. The Balaban J connectivity index is 1.42. The molecule has 1 aromatic heterocycles. The van der Waals surface area contributed by atoms with Gasteiger partial charge in [0.2, 0.25) is 11.8 Å². The second-order valence-electron chi connectivity index (χ2n) is 7.62. The zero-order valence-corrected chi connectivity index (χ0v) is 14.7. The zero-order chi connectivity index (χ0) is 17.4. The van der Waals surface area contributed by atoms with Crippen molar-refractivity contribution in [3.05, 3.63) is 18.0 Å². The minimum Gasteiger partial charge on any atom is -0.381 e. The highest BCUT2D eigenvalue weighted by molar-refractivity contribution is 5.84. The lowest BCUT2D eigenvalue weighted by Crippen LogP contribution is -2.48. The molecule has 4 rings (SSSR count). The monoisotopic (exact) mass is 346 g/mol. The van der Waals surface area contributed by atoms with Crippen LogP contribution in [0.2, 0.25) is 0 Å². The lowest BCUT2D eigenvalue weighted by atomic mass is 10.0. The molecule has 1 aromatic rings. The van der Waals surface area contributed by atoms with Crippen LogP contribution in [0.4, 0.5) is 0 Å². The minimum atomic E-state index is -0.434. The van der Waals surface area contributed by atoms with E-state index in [-0.39, 0.29) is 17.7 Å². The van der Waals surface area contributed by atoms with Gasteiger partial charge in [0.1, 0.15) is 6.04 Å². The van der Waals surface area contributed by atoms with Crippen LogP contribution < -0.4 is 5.32 Å². The van der Waals surface area contributed by atoms with Crippen molar-refractivity contribution in [1.82, 2.24) is 20.0 Å². The fourth-order valence-corrected chi connectivity index (χ4v) is 3.87. The van der Waals surface area contributed by atoms with Crippen LogP contribution in [0.1, 0.15) is 37.9 Å². The average molecular weight is 346 g/mol. The highest BCUT2D eigenvalue weighted by Crippen LogP contribution is 2.40. The molecule has 3 aliphatic rings. The van der Waals surface area contributed by atoms with Crippen molar-refractivity contribution in [2.45, 2.75) is 38.8 Å². The van der Waals surface area contributed by atoms with Crippen molar-refractivity contribution in [3.8, 4) is 0 Å². The molecule has 2 aliphatic heterocycles. The van der Waals surface area contributed by atoms with Crippen LogP contribution in [-0.4, -0.2) is 52.8 Å². The van der Waals surface area contributed by atoms with Gasteiger partial charge in [-0.15, -0.1) is 0 Å². The molecule has 0 unspecified atom stereocenters. The van der Waals surface area contributed by atoms with E-state index in [1.807, 2.05) is 11.0 Å². The number of aromatic nitrogens is 2. The molecular formula is C18H26N4O3. The van der Waals surface area contributed by atoms with Crippen LogP contribution in [0, 0.1) is 17.8 Å². The fourth-order valence-electron chi connectivity index (χ4n) is 3.87. The molecule has 0 aromatic carbocycles. The van der Waals surface area contributed by atoms with Crippen molar-refractivity contribution >= 4 is 11.8 Å². The van der Waals surface area contributed by atoms with Crippen molar-refractivity contribution < 1.29 is 14.3 Å². The zero-order valence-electron chi connectivity index (χ0n) is 14.7. The summed E-state index contributed by atoms with van der Waals surface area (Å²) < 4.78 is 7.14. The fraction of sp³-hybridized carbons (Fsp3) is 0.722. The molecule has 136 valence electrons. The lowest BCUT2D eigenvalue weighted by Gasteiger charge is -2.33. The summed E-state index contributed by atoms with van der Waals surface area (Å²) >= 11 is 0. The molecule has 1 aliphatic carbocycles. The van der Waals surface area contributed by atoms with Gasteiger partial charge in [0.05, 0.1) is 18.8 Å². The van der Waals surface area contributed by atoms with Gasteiger partial charge in [0.25, 0.3) is 0 Å². The Labute approximate surface area is 147 Å². The maximum Gasteiger partial charge on any atom is 0.246 e. The normalized spacial score (nSPS) is 29.2. The average Bonchev–Trinajstić information content (AvgIpc) is 3.17. The Kier molecular flexibility index (Phi) is 4.50. The first-order valence-corrected chi connectivity index (χ1v) is 9.30. The molecule has 3 atom stereocenters. The van der Waals surface area contributed by atoms with Gasteiger partial charge in [-0.1, -0.05) is 6.92 Å². The summed E-state index contributed by atoms with van der Waals surface area (Å²) in [5.41, 5.74) is 0.930. The minimum absolute atomic E-state index is 0.0437. The van der Waals surface area contributed by atoms with E-state index in [4.69, 9.17) is 4.74 Å². The number of hydrogen-bond acceptors (Lipinski definition) is 4. The van der Waals surface area contributed by atoms with Crippen LogP contribution in [-0.2, 0) is 20.9 Å². The van der Waals surface area contributed by atoms with Crippen LogP contribution in [0.3, 0.4) is 0 Å². The molecule has 0 radical (unpaired) electrons. The van der Waals surface area contributed by atoms with E-state index >= 15 is 0 Å².